The van der Waals surface area contributed by atoms with Crippen molar-refractivity contribution in [2.45, 2.75) is 18.6 Å². The number of hydrogen-bond acceptors (Lipinski definition) is 5. The fourth-order valence-electron chi connectivity index (χ4n) is 4.57. The summed E-state index contributed by atoms with van der Waals surface area (Å²) < 4.78 is 12.3. The number of methoxy groups -OCH3 is 2. The number of ether oxygens (including phenoxy) is 2. The molecule has 1 aliphatic heterocycles. The van der Waals surface area contributed by atoms with Gasteiger partial charge in [0.2, 0.25) is 0 Å². The lowest BCUT2D eigenvalue weighted by Crippen LogP contribution is -2.30. The molecule has 0 spiro atoms. The maximum absolute atomic E-state index is 11.9. The van der Waals surface area contributed by atoms with Crippen molar-refractivity contribution in [2.24, 2.45) is 0 Å². The fraction of sp³-hybridized carbons (Fsp3) is 0.179. The Balaban J connectivity index is 1.54. The monoisotopic (exact) mass is 498 g/mol. The predicted octanol–water partition coefficient (Wildman–Crippen LogP) is 4.84. The van der Waals surface area contributed by atoms with Crippen molar-refractivity contribution in [3.8, 4) is 11.4 Å². The maximum atomic E-state index is 11.9. The molecule has 1 saturated heterocycles. The summed E-state index contributed by atoms with van der Waals surface area (Å²) in [6.45, 7) is 0.621. The van der Waals surface area contributed by atoms with E-state index in [-0.39, 0.29) is 18.1 Å². The molecule has 1 fully saturated rings. The number of carbonyl (C=O) groups excluding carboxylic acids is 1. The number of nitrogens with zero attached hydrogens (tertiary/aromatic N) is 3. The highest BCUT2D eigenvalue weighted by Crippen LogP contribution is 2.40. The molecule has 0 amide bonds. The van der Waals surface area contributed by atoms with E-state index in [1.165, 1.54) is 7.11 Å². The van der Waals surface area contributed by atoms with Crippen molar-refractivity contribution in [1.82, 2.24) is 19.8 Å². The van der Waals surface area contributed by atoms with Gasteiger partial charge >= 0.3 is 5.97 Å². The van der Waals surface area contributed by atoms with E-state index >= 15 is 0 Å². The Bertz CT molecular complexity index is 1350. The van der Waals surface area contributed by atoms with Crippen molar-refractivity contribution in [2.75, 3.05) is 14.2 Å². The number of esters is 1. The summed E-state index contributed by atoms with van der Waals surface area (Å²) in [5, 5.41) is 4.17. The van der Waals surface area contributed by atoms with Gasteiger partial charge in [0.1, 0.15) is 5.75 Å². The molecule has 36 heavy (non-hydrogen) atoms. The second-order valence-corrected chi connectivity index (χ2v) is 8.83. The van der Waals surface area contributed by atoms with Crippen LogP contribution in [0.15, 0.2) is 91.3 Å². The van der Waals surface area contributed by atoms with Crippen molar-refractivity contribution < 1.29 is 14.3 Å². The summed E-state index contributed by atoms with van der Waals surface area (Å²) in [5.74, 6) is 0.452. The molecule has 2 atom stereocenters. The Labute approximate surface area is 215 Å². The van der Waals surface area contributed by atoms with Gasteiger partial charge in [-0.3, -0.25) is 4.98 Å². The number of benzene rings is 2. The standard InChI is InChI=1S/C28H26N4O3S/c1-34-22-14-8-19(9-15-22)18-32-26(25(30-28(32)36)23-6-3-4-16-29-23)24-7-5-17-31(24)21-12-10-20(11-13-21)27(33)35-2/h3-17,25-26H,18H2,1-2H3,(H,30,36)/t25-,26+/m1/s1. The minimum Gasteiger partial charge on any atom is -0.497 e. The van der Waals surface area contributed by atoms with Gasteiger partial charge in [0.25, 0.3) is 0 Å². The third-order valence-electron chi connectivity index (χ3n) is 6.36. The van der Waals surface area contributed by atoms with Gasteiger partial charge in [0, 0.05) is 30.3 Å². The Morgan fingerprint density at radius 2 is 1.78 bits per heavy atom. The third kappa shape index (κ3) is 4.55. The zero-order valence-corrected chi connectivity index (χ0v) is 20.8. The minimum absolute atomic E-state index is 0.121. The van der Waals surface area contributed by atoms with Crippen molar-refractivity contribution >= 4 is 23.3 Å². The van der Waals surface area contributed by atoms with Crippen LogP contribution in [0.3, 0.4) is 0 Å². The molecular formula is C28H26N4O3S. The van der Waals surface area contributed by atoms with Gasteiger partial charge in [0.05, 0.1) is 37.6 Å². The van der Waals surface area contributed by atoms with E-state index in [0.29, 0.717) is 17.2 Å². The fourth-order valence-corrected chi connectivity index (χ4v) is 4.88. The van der Waals surface area contributed by atoms with E-state index in [9.17, 15) is 4.79 Å². The summed E-state index contributed by atoms with van der Waals surface area (Å²) in [6, 6.07) is 25.2. The van der Waals surface area contributed by atoms with E-state index in [2.05, 4.69) is 38.0 Å². The van der Waals surface area contributed by atoms with Crippen LogP contribution in [0.5, 0.6) is 5.75 Å². The average Bonchev–Trinajstić information content (AvgIpc) is 3.53. The molecule has 182 valence electrons. The van der Waals surface area contributed by atoms with E-state index in [0.717, 1.165) is 28.4 Å². The number of nitrogens with one attached hydrogen (secondary N) is 1. The summed E-state index contributed by atoms with van der Waals surface area (Å²) in [5.41, 5.74) is 4.52. The van der Waals surface area contributed by atoms with Gasteiger partial charge in [-0.1, -0.05) is 18.2 Å². The summed E-state index contributed by atoms with van der Waals surface area (Å²) in [7, 11) is 3.04. The molecule has 0 aliphatic carbocycles. The number of rotatable bonds is 7. The van der Waals surface area contributed by atoms with E-state index in [1.54, 1.807) is 25.4 Å². The lowest BCUT2D eigenvalue weighted by Gasteiger charge is -2.29. The molecule has 0 radical (unpaired) electrons. The van der Waals surface area contributed by atoms with E-state index < -0.39 is 0 Å². The van der Waals surface area contributed by atoms with Crippen LogP contribution in [0.4, 0.5) is 0 Å². The predicted molar refractivity (Wildman–Crippen MR) is 141 cm³/mol. The van der Waals surface area contributed by atoms with E-state index in [1.807, 2.05) is 54.7 Å². The Hall–Kier alpha value is -4.17. The zero-order chi connectivity index (χ0) is 25.1. The van der Waals surface area contributed by atoms with Crippen molar-refractivity contribution in [3.05, 3.63) is 114 Å². The molecule has 4 aromatic rings. The largest absolute Gasteiger partial charge is 0.497 e. The molecule has 1 N–H and O–H groups in total. The van der Waals surface area contributed by atoms with Crippen LogP contribution in [0, 0.1) is 0 Å². The second-order valence-electron chi connectivity index (χ2n) is 8.44. The number of pyridine rings is 1. The van der Waals surface area contributed by atoms with E-state index in [4.69, 9.17) is 21.7 Å². The van der Waals surface area contributed by atoms with Crippen LogP contribution in [0.25, 0.3) is 5.69 Å². The second kappa shape index (κ2) is 10.2. The normalized spacial score (nSPS) is 17.1. The summed E-state index contributed by atoms with van der Waals surface area (Å²) in [6.07, 6.45) is 3.82. The minimum atomic E-state index is -0.361. The number of carbonyl (C=O) groups is 1. The molecule has 7 nitrogen and oxygen atoms in total. The molecule has 8 heteroatoms. The lowest BCUT2D eigenvalue weighted by atomic mass is 10.0. The first-order valence-corrected chi connectivity index (χ1v) is 12.0. The Kier molecular flexibility index (Phi) is 6.69. The zero-order valence-electron chi connectivity index (χ0n) is 20.0. The SMILES string of the molecule is COC(=O)c1ccc(-n2cccc2[C@H]2[C@@H](c3ccccn3)NC(=S)N2Cc2ccc(OC)cc2)cc1. The first-order chi connectivity index (χ1) is 17.6. The molecule has 5 rings (SSSR count). The van der Waals surface area contributed by atoms with Crippen LogP contribution in [-0.4, -0.2) is 39.8 Å². The molecule has 3 heterocycles. The van der Waals surface area contributed by atoms with Gasteiger partial charge in [0.15, 0.2) is 5.11 Å². The van der Waals surface area contributed by atoms with Gasteiger partial charge in [-0.15, -0.1) is 0 Å². The van der Waals surface area contributed by atoms with Gasteiger partial charge in [-0.05, 0) is 78.4 Å². The molecule has 1 aliphatic rings. The highest BCUT2D eigenvalue weighted by atomic mass is 32.1. The van der Waals surface area contributed by atoms with Crippen LogP contribution in [0.2, 0.25) is 0 Å². The van der Waals surface area contributed by atoms with Crippen LogP contribution < -0.4 is 10.1 Å². The van der Waals surface area contributed by atoms with Crippen LogP contribution in [-0.2, 0) is 11.3 Å². The number of aromatic nitrogens is 2. The Morgan fingerprint density at radius 1 is 1.00 bits per heavy atom. The quantitative estimate of drug-likeness (QED) is 0.289. The van der Waals surface area contributed by atoms with Gasteiger partial charge < -0.3 is 24.3 Å². The molecule has 0 saturated carbocycles. The molecule has 0 unspecified atom stereocenters. The average molecular weight is 499 g/mol. The van der Waals surface area contributed by atoms with Gasteiger partial charge in [-0.2, -0.15) is 0 Å². The number of thiocarbonyl (C=S) groups is 1. The molecule has 2 aromatic heterocycles. The highest BCUT2D eigenvalue weighted by molar-refractivity contribution is 7.80. The van der Waals surface area contributed by atoms with Gasteiger partial charge in [-0.25, -0.2) is 4.79 Å². The smallest absolute Gasteiger partial charge is 0.337 e. The highest BCUT2D eigenvalue weighted by Gasteiger charge is 2.41. The third-order valence-corrected chi connectivity index (χ3v) is 6.71. The van der Waals surface area contributed by atoms with Crippen molar-refractivity contribution in [1.29, 1.82) is 0 Å². The van der Waals surface area contributed by atoms with Crippen LogP contribution in [0.1, 0.15) is 39.4 Å². The first kappa shape index (κ1) is 23.6. The number of hydrogen-bond donors (Lipinski definition) is 1. The topological polar surface area (TPSA) is 68.6 Å². The summed E-state index contributed by atoms with van der Waals surface area (Å²) in [4.78, 5) is 18.7. The molecule has 2 aromatic carbocycles. The maximum Gasteiger partial charge on any atom is 0.337 e. The molecular weight excluding hydrogens is 472 g/mol. The first-order valence-electron chi connectivity index (χ1n) is 11.6. The van der Waals surface area contributed by atoms with Crippen molar-refractivity contribution in [3.63, 3.8) is 0 Å². The lowest BCUT2D eigenvalue weighted by molar-refractivity contribution is 0.0600. The molecule has 0 bridgehead atoms. The van der Waals surface area contributed by atoms with Crippen LogP contribution >= 0.6 is 12.2 Å². The summed E-state index contributed by atoms with van der Waals surface area (Å²) >= 11 is 5.84. The Morgan fingerprint density at radius 3 is 2.44 bits per heavy atom.